The van der Waals surface area contributed by atoms with Crippen LogP contribution in [0.3, 0.4) is 0 Å². The number of amides is 1. The van der Waals surface area contributed by atoms with Crippen LogP contribution in [0.15, 0.2) is 108 Å². The van der Waals surface area contributed by atoms with Crippen molar-refractivity contribution in [2.75, 3.05) is 18.2 Å². The Kier molecular flexibility index (Phi) is 8.45. The van der Waals surface area contributed by atoms with Crippen LogP contribution in [-0.2, 0) is 11.4 Å². The number of hydrogen-bond donors (Lipinski definition) is 1. The first-order valence-electron chi connectivity index (χ1n) is 12.1. The molecule has 0 saturated heterocycles. The van der Waals surface area contributed by atoms with Gasteiger partial charge in [-0.1, -0.05) is 53.7 Å². The van der Waals surface area contributed by atoms with Crippen molar-refractivity contribution in [1.82, 2.24) is 14.8 Å². The van der Waals surface area contributed by atoms with Crippen molar-refractivity contribution >= 4 is 35.0 Å². The van der Waals surface area contributed by atoms with Gasteiger partial charge >= 0.3 is 0 Å². The normalized spacial score (nSPS) is 10.7. The Labute approximate surface area is 235 Å². The second kappa shape index (κ2) is 12.5. The van der Waals surface area contributed by atoms with Crippen molar-refractivity contribution in [3.63, 3.8) is 0 Å². The number of methoxy groups -OCH3 is 1. The molecule has 1 amide bonds. The fourth-order valence-electron chi connectivity index (χ4n) is 3.82. The van der Waals surface area contributed by atoms with Gasteiger partial charge in [0.25, 0.3) is 0 Å². The van der Waals surface area contributed by atoms with Crippen LogP contribution in [0, 0.1) is 0 Å². The summed E-state index contributed by atoms with van der Waals surface area (Å²) in [5.74, 6) is 2.11. The van der Waals surface area contributed by atoms with E-state index in [1.807, 2.05) is 108 Å². The first-order chi connectivity index (χ1) is 19.1. The molecule has 0 radical (unpaired) electrons. The van der Waals surface area contributed by atoms with Gasteiger partial charge in [0, 0.05) is 22.0 Å². The second-order valence-corrected chi connectivity index (χ2v) is 9.86. The number of aromatic nitrogens is 3. The van der Waals surface area contributed by atoms with Crippen LogP contribution in [0.5, 0.6) is 11.5 Å². The number of carbonyl (C=O) groups excluding carboxylic acids is 1. The molecule has 0 atom stereocenters. The van der Waals surface area contributed by atoms with Crippen molar-refractivity contribution < 1.29 is 14.3 Å². The van der Waals surface area contributed by atoms with E-state index in [1.54, 1.807) is 7.11 Å². The van der Waals surface area contributed by atoms with Crippen molar-refractivity contribution in [3.05, 3.63) is 114 Å². The van der Waals surface area contributed by atoms with E-state index >= 15 is 0 Å². The molecule has 5 rings (SSSR count). The van der Waals surface area contributed by atoms with E-state index in [-0.39, 0.29) is 11.7 Å². The SMILES string of the molecule is COc1ccc(-n2c(SCC(=O)Nc3ccc(OCc4ccccc4)cc3)nnc2-c2ccc(Cl)cc2)cc1. The second-order valence-electron chi connectivity index (χ2n) is 8.48. The molecule has 0 fully saturated rings. The molecule has 1 N–H and O–H groups in total. The van der Waals surface area contributed by atoms with Gasteiger partial charge in [0.05, 0.1) is 12.9 Å². The lowest BCUT2D eigenvalue weighted by Crippen LogP contribution is -2.14. The molecule has 39 heavy (non-hydrogen) atoms. The van der Waals surface area contributed by atoms with Gasteiger partial charge in [0.15, 0.2) is 11.0 Å². The summed E-state index contributed by atoms with van der Waals surface area (Å²) in [6.45, 7) is 0.482. The van der Waals surface area contributed by atoms with Crippen LogP contribution in [0.2, 0.25) is 5.02 Å². The summed E-state index contributed by atoms with van der Waals surface area (Å²) in [6, 6.07) is 32.3. The number of ether oxygens (including phenoxy) is 2. The van der Waals surface area contributed by atoms with Gasteiger partial charge in [0.2, 0.25) is 5.91 Å². The zero-order valence-electron chi connectivity index (χ0n) is 21.1. The highest BCUT2D eigenvalue weighted by molar-refractivity contribution is 7.99. The molecule has 1 heterocycles. The number of benzene rings is 4. The Hall–Kier alpha value is -4.27. The van der Waals surface area contributed by atoms with E-state index in [0.29, 0.717) is 28.3 Å². The van der Waals surface area contributed by atoms with Gasteiger partial charge in [-0.25, -0.2) is 0 Å². The fourth-order valence-corrected chi connectivity index (χ4v) is 4.69. The van der Waals surface area contributed by atoms with Crippen LogP contribution in [0.1, 0.15) is 5.56 Å². The summed E-state index contributed by atoms with van der Waals surface area (Å²) in [6.07, 6.45) is 0. The summed E-state index contributed by atoms with van der Waals surface area (Å²) >= 11 is 7.39. The molecule has 4 aromatic carbocycles. The molecule has 0 bridgehead atoms. The summed E-state index contributed by atoms with van der Waals surface area (Å²) < 4.78 is 13.0. The molecule has 0 saturated carbocycles. The number of hydrogen-bond acceptors (Lipinski definition) is 6. The number of rotatable bonds is 10. The van der Waals surface area contributed by atoms with Crippen LogP contribution < -0.4 is 14.8 Å². The van der Waals surface area contributed by atoms with Crippen molar-refractivity contribution in [1.29, 1.82) is 0 Å². The van der Waals surface area contributed by atoms with Gasteiger partial charge in [-0.2, -0.15) is 0 Å². The lowest BCUT2D eigenvalue weighted by molar-refractivity contribution is -0.113. The predicted octanol–water partition coefficient (Wildman–Crippen LogP) is 6.91. The first-order valence-corrected chi connectivity index (χ1v) is 13.5. The van der Waals surface area contributed by atoms with Crippen molar-refractivity contribution in [2.24, 2.45) is 0 Å². The molecule has 0 aliphatic carbocycles. The van der Waals surface area contributed by atoms with Gasteiger partial charge in [0.1, 0.15) is 18.1 Å². The van der Waals surface area contributed by atoms with E-state index in [9.17, 15) is 4.79 Å². The van der Waals surface area contributed by atoms with Crippen molar-refractivity contribution in [3.8, 4) is 28.6 Å². The summed E-state index contributed by atoms with van der Waals surface area (Å²) in [7, 11) is 1.62. The van der Waals surface area contributed by atoms with E-state index in [0.717, 1.165) is 28.3 Å². The van der Waals surface area contributed by atoms with Gasteiger partial charge < -0.3 is 14.8 Å². The number of nitrogens with zero attached hydrogens (tertiary/aromatic N) is 3. The highest BCUT2D eigenvalue weighted by Crippen LogP contribution is 2.30. The monoisotopic (exact) mass is 556 g/mol. The van der Waals surface area contributed by atoms with E-state index < -0.39 is 0 Å². The van der Waals surface area contributed by atoms with Gasteiger partial charge in [-0.15, -0.1) is 10.2 Å². The largest absolute Gasteiger partial charge is 0.497 e. The smallest absolute Gasteiger partial charge is 0.234 e. The average Bonchev–Trinajstić information content (AvgIpc) is 3.40. The molecular formula is C30H25ClN4O3S. The highest BCUT2D eigenvalue weighted by atomic mass is 35.5. The topological polar surface area (TPSA) is 78.3 Å². The maximum Gasteiger partial charge on any atom is 0.234 e. The molecule has 196 valence electrons. The zero-order chi connectivity index (χ0) is 27.0. The molecule has 9 heteroatoms. The van der Waals surface area contributed by atoms with E-state index in [1.165, 1.54) is 11.8 Å². The van der Waals surface area contributed by atoms with Crippen molar-refractivity contribution in [2.45, 2.75) is 11.8 Å². The van der Waals surface area contributed by atoms with Crippen LogP contribution in [0.4, 0.5) is 5.69 Å². The third kappa shape index (κ3) is 6.79. The van der Waals surface area contributed by atoms with Crippen LogP contribution >= 0.6 is 23.4 Å². The summed E-state index contributed by atoms with van der Waals surface area (Å²) in [5.41, 5.74) is 3.48. The summed E-state index contributed by atoms with van der Waals surface area (Å²) in [5, 5.41) is 13.0. The van der Waals surface area contributed by atoms with Crippen LogP contribution in [-0.4, -0.2) is 33.5 Å². The fraction of sp³-hybridized carbons (Fsp3) is 0.100. The quantitative estimate of drug-likeness (QED) is 0.188. The lowest BCUT2D eigenvalue weighted by atomic mass is 10.2. The van der Waals surface area contributed by atoms with Gasteiger partial charge in [-0.3, -0.25) is 9.36 Å². The number of anilines is 1. The maximum atomic E-state index is 12.8. The molecule has 0 unspecified atom stereocenters. The van der Waals surface area contributed by atoms with Crippen LogP contribution in [0.25, 0.3) is 17.1 Å². The zero-order valence-corrected chi connectivity index (χ0v) is 22.7. The Bertz CT molecular complexity index is 1520. The molecule has 7 nitrogen and oxygen atoms in total. The molecule has 5 aromatic rings. The minimum Gasteiger partial charge on any atom is -0.497 e. The van der Waals surface area contributed by atoms with E-state index in [2.05, 4.69) is 15.5 Å². The predicted molar refractivity (Wildman–Crippen MR) is 155 cm³/mol. The summed E-state index contributed by atoms with van der Waals surface area (Å²) in [4.78, 5) is 12.8. The lowest BCUT2D eigenvalue weighted by Gasteiger charge is -2.11. The van der Waals surface area contributed by atoms with E-state index in [4.69, 9.17) is 21.1 Å². The Morgan fingerprint density at radius 2 is 1.56 bits per heavy atom. The molecular weight excluding hydrogens is 532 g/mol. The number of nitrogens with one attached hydrogen (secondary N) is 1. The first kappa shape index (κ1) is 26.3. The molecule has 0 aliphatic heterocycles. The Morgan fingerprint density at radius 3 is 2.26 bits per heavy atom. The molecule has 0 aliphatic rings. The Balaban J connectivity index is 1.26. The third-order valence-electron chi connectivity index (χ3n) is 5.79. The Morgan fingerprint density at radius 1 is 0.872 bits per heavy atom. The number of carbonyl (C=O) groups is 1. The minimum atomic E-state index is -0.157. The standard InChI is InChI=1S/C30H25ClN4O3S/c1-37-26-17-13-25(14-18-26)35-29(22-7-9-23(31)10-8-22)33-34-30(35)39-20-28(36)32-24-11-15-27(16-12-24)38-19-21-5-3-2-4-6-21/h2-18H,19-20H2,1H3,(H,32,36). The highest BCUT2D eigenvalue weighted by Gasteiger charge is 2.18. The van der Waals surface area contributed by atoms with Gasteiger partial charge in [-0.05, 0) is 78.4 Å². The third-order valence-corrected chi connectivity index (χ3v) is 6.97. The molecule has 0 spiro atoms. The average molecular weight is 557 g/mol. The number of halogens is 1. The molecule has 1 aromatic heterocycles. The minimum absolute atomic E-state index is 0.154. The maximum absolute atomic E-state index is 12.8. The number of thioether (sulfide) groups is 1.